The molecule has 0 aromatic heterocycles. The molecule has 0 N–H and O–H groups in total. The van der Waals surface area contributed by atoms with Crippen LogP contribution in [0, 0.1) is 0 Å². The SMILES string of the molecule is CCCCCCC1=NN(Cc2ccccc2)C(=O)N(CCCc2cccc(OC(C)(CC)C(=O)OCC)c2)C(=O)C1. The zero-order valence-electron chi connectivity index (χ0n) is 25.1. The van der Waals surface area contributed by atoms with Crippen LogP contribution >= 0.6 is 0 Å². The maximum Gasteiger partial charge on any atom is 0.350 e. The normalized spacial score (nSPS) is 15.3. The summed E-state index contributed by atoms with van der Waals surface area (Å²) in [6, 6.07) is 16.9. The minimum absolute atomic E-state index is 0.163. The lowest BCUT2D eigenvalue weighted by Crippen LogP contribution is -2.43. The number of hydrogen-bond donors (Lipinski definition) is 0. The molecule has 0 spiro atoms. The molecule has 2 aromatic carbocycles. The van der Waals surface area contributed by atoms with Crippen LogP contribution in [0.2, 0.25) is 0 Å². The first-order valence-corrected chi connectivity index (χ1v) is 15.0. The molecule has 1 heterocycles. The van der Waals surface area contributed by atoms with Gasteiger partial charge in [0.25, 0.3) is 0 Å². The zero-order valence-corrected chi connectivity index (χ0v) is 25.1. The highest BCUT2D eigenvalue weighted by atomic mass is 16.6. The average molecular weight is 564 g/mol. The molecule has 0 saturated heterocycles. The van der Waals surface area contributed by atoms with E-state index in [9.17, 15) is 14.4 Å². The van der Waals surface area contributed by atoms with Crippen molar-refractivity contribution in [3.05, 3.63) is 65.7 Å². The number of rotatable bonds is 16. The van der Waals surface area contributed by atoms with Crippen LogP contribution in [-0.2, 0) is 27.3 Å². The van der Waals surface area contributed by atoms with Gasteiger partial charge in [-0.25, -0.2) is 14.6 Å². The average Bonchev–Trinajstić information content (AvgIpc) is 3.07. The summed E-state index contributed by atoms with van der Waals surface area (Å²) in [4.78, 5) is 40.6. The first kappa shape index (κ1) is 31.8. The molecule has 1 atom stereocenters. The van der Waals surface area contributed by atoms with Crippen LogP contribution in [0.1, 0.15) is 90.2 Å². The van der Waals surface area contributed by atoms with Crippen LogP contribution in [0.4, 0.5) is 4.79 Å². The molecule has 41 heavy (non-hydrogen) atoms. The van der Waals surface area contributed by atoms with Crippen molar-refractivity contribution < 1.29 is 23.9 Å². The van der Waals surface area contributed by atoms with Crippen molar-refractivity contribution in [1.82, 2.24) is 9.91 Å². The molecule has 3 amide bonds. The molecule has 1 aliphatic heterocycles. The highest BCUT2D eigenvalue weighted by molar-refractivity contribution is 6.08. The molecule has 1 aliphatic rings. The monoisotopic (exact) mass is 563 g/mol. The molecule has 8 heteroatoms. The molecule has 2 aromatic rings. The van der Waals surface area contributed by atoms with E-state index in [0.29, 0.717) is 51.1 Å². The number of imide groups is 1. The lowest BCUT2D eigenvalue weighted by molar-refractivity contribution is -0.160. The summed E-state index contributed by atoms with van der Waals surface area (Å²) in [5, 5.41) is 6.13. The second-order valence-corrected chi connectivity index (χ2v) is 10.7. The van der Waals surface area contributed by atoms with Gasteiger partial charge >= 0.3 is 12.0 Å². The van der Waals surface area contributed by atoms with Crippen molar-refractivity contribution in [2.45, 2.75) is 97.6 Å². The Morgan fingerprint density at radius 1 is 0.927 bits per heavy atom. The number of benzene rings is 2. The Labute approximate surface area is 244 Å². The summed E-state index contributed by atoms with van der Waals surface area (Å²) in [5.41, 5.74) is 1.65. The van der Waals surface area contributed by atoms with Crippen molar-refractivity contribution in [3.63, 3.8) is 0 Å². The second-order valence-electron chi connectivity index (χ2n) is 10.7. The molecule has 8 nitrogen and oxygen atoms in total. The minimum atomic E-state index is -1.07. The Hall–Kier alpha value is -3.68. The molecule has 0 fully saturated rings. The van der Waals surface area contributed by atoms with Crippen molar-refractivity contribution in [2.75, 3.05) is 13.2 Å². The van der Waals surface area contributed by atoms with E-state index in [1.54, 1.807) is 13.8 Å². The topological polar surface area (TPSA) is 88.5 Å². The summed E-state index contributed by atoms with van der Waals surface area (Å²) >= 11 is 0. The van der Waals surface area contributed by atoms with Crippen LogP contribution in [0.3, 0.4) is 0 Å². The zero-order chi connectivity index (χ0) is 29.7. The fourth-order valence-corrected chi connectivity index (χ4v) is 4.75. The van der Waals surface area contributed by atoms with Crippen molar-refractivity contribution in [3.8, 4) is 5.75 Å². The summed E-state index contributed by atoms with van der Waals surface area (Å²) in [7, 11) is 0. The number of carbonyl (C=O) groups excluding carboxylic acids is 3. The number of hydrogen-bond acceptors (Lipinski definition) is 6. The van der Waals surface area contributed by atoms with Crippen LogP contribution in [0.5, 0.6) is 5.75 Å². The fourth-order valence-electron chi connectivity index (χ4n) is 4.75. The highest BCUT2D eigenvalue weighted by Gasteiger charge is 2.35. The number of esters is 1. The third kappa shape index (κ3) is 9.44. The predicted molar refractivity (Wildman–Crippen MR) is 161 cm³/mol. The third-order valence-corrected chi connectivity index (χ3v) is 7.33. The lowest BCUT2D eigenvalue weighted by atomic mass is 10.0. The van der Waals surface area contributed by atoms with E-state index in [1.807, 2.05) is 61.5 Å². The Balaban J connectivity index is 1.67. The Bertz CT molecular complexity index is 1180. The van der Waals surface area contributed by atoms with Gasteiger partial charge in [0.15, 0.2) is 0 Å². The van der Waals surface area contributed by atoms with Gasteiger partial charge in [-0.15, -0.1) is 0 Å². The number of urea groups is 1. The Morgan fingerprint density at radius 3 is 2.39 bits per heavy atom. The van der Waals surface area contributed by atoms with Gasteiger partial charge in [-0.2, -0.15) is 5.10 Å². The summed E-state index contributed by atoms with van der Waals surface area (Å²) < 4.78 is 11.3. The van der Waals surface area contributed by atoms with E-state index >= 15 is 0 Å². The van der Waals surface area contributed by atoms with Gasteiger partial charge in [0, 0.05) is 12.3 Å². The van der Waals surface area contributed by atoms with E-state index in [2.05, 4.69) is 12.0 Å². The van der Waals surface area contributed by atoms with E-state index in [-0.39, 0.29) is 18.4 Å². The molecule has 0 aliphatic carbocycles. The predicted octanol–water partition coefficient (Wildman–Crippen LogP) is 6.91. The van der Waals surface area contributed by atoms with Gasteiger partial charge < -0.3 is 9.47 Å². The maximum absolute atomic E-state index is 13.5. The number of hydrazone groups is 1. The molecule has 0 radical (unpaired) electrons. The summed E-state index contributed by atoms with van der Waals surface area (Å²) in [5.74, 6) is -0.0138. The van der Waals surface area contributed by atoms with Gasteiger partial charge in [0.05, 0.1) is 19.6 Å². The Kier molecular flexibility index (Phi) is 12.4. The highest BCUT2D eigenvalue weighted by Crippen LogP contribution is 2.25. The molecule has 0 bridgehead atoms. The third-order valence-electron chi connectivity index (χ3n) is 7.33. The first-order chi connectivity index (χ1) is 19.8. The van der Waals surface area contributed by atoms with Crippen molar-refractivity contribution in [1.29, 1.82) is 0 Å². The number of aryl methyl sites for hydroxylation is 1. The van der Waals surface area contributed by atoms with Crippen LogP contribution in [0.25, 0.3) is 0 Å². The van der Waals surface area contributed by atoms with Crippen LogP contribution < -0.4 is 4.74 Å². The number of carbonyl (C=O) groups is 3. The molecule has 1 unspecified atom stereocenters. The Morgan fingerprint density at radius 2 is 1.68 bits per heavy atom. The van der Waals surface area contributed by atoms with Crippen molar-refractivity contribution >= 4 is 23.6 Å². The van der Waals surface area contributed by atoms with Crippen molar-refractivity contribution in [2.24, 2.45) is 5.10 Å². The van der Waals surface area contributed by atoms with E-state index in [4.69, 9.17) is 9.47 Å². The smallest absolute Gasteiger partial charge is 0.350 e. The standard InChI is InChI=1S/C33H45N3O5/c1-5-8-9-13-20-28-24-30(37)35(32(39)36(34-28)25-27-16-11-10-12-17-27)22-15-19-26-18-14-21-29(23-26)41-33(4,6-2)31(38)40-7-3/h10-12,14,16-18,21,23H,5-9,13,15,19-20,22,24-25H2,1-4H3. The van der Waals surface area contributed by atoms with Gasteiger partial charge in [-0.1, -0.05) is 75.6 Å². The molecule has 222 valence electrons. The fraction of sp³-hybridized carbons (Fsp3) is 0.515. The van der Waals surface area contributed by atoms with Gasteiger partial charge in [-0.3, -0.25) is 9.69 Å². The van der Waals surface area contributed by atoms with Gasteiger partial charge in [0.1, 0.15) is 5.75 Å². The van der Waals surface area contributed by atoms with Crippen LogP contribution in [-0.4, -0.2) is 52.3 Å². The molecular weight excluding hydrogens is 518 g/mol. The maximum atomic E-state index is 13.5. The first-order valence-electron chi connectivity index (χ1n) is 15.0. The number of unbranched alkanes of at least 4 members (excludes halogenated alkanes) is 3. The molecule has 0 saturated carbocycles. The van der Waals surface area contributed by atoms with Gasteiger partial charge in [-0.05, 0) is 69.2 Å². The second kappa shape index (κ2) is 15.9. The minimum Gasteiger partial charge on any atom is -0.476 e. The quantitative estimate of drug-likeness (QED) is 0.164. The van der Waals surface area contributed by atoms with E-state index in [1.165, 1.54) is 9.91 Å². The van der Waals surface area contributed by atoms with Gasteiger partial charge in [0.2, 0.25) is 11.5 Å². The summed E-state index contributed by atoms with van der Waals surface area (Å²) in [6.45, 7) is 8.46. The molecular formula is C33H45N3O5. The lowest BCUT2D eigenvalue weighted by Gasteiger charge is -2.27. The van der Waals surface area contributed by atoms with E-state index in [0.717, 1.165) is 42.5 Å². The number of nitrogens with zero attached hydrogens (tertiary/aromatic N) is 3. The van der Waals surface area contributed by atoms with Crippen LogP contribution in [0.15, 0.2) is 59.7 Å². The largest absolute Gasteiger partial charge is 0.476 e. The number of ether oxygens (including phenoxy) is 2. The number of amides is 3. The molecule has 3 rings (SSSR count). The summed E-state index contributed by atoms with van der Waals surface area (Å²) in [6.07, 6.45) is 6.90. The van der Waals surface area contributed by atoms with E-state index < -0.39 is 11.6 Å².